The molecule has 3 nitrogen and oxygen atoms in total. The first-order valence-electron chi connectivity index (χ1n) is 5.31. The molecule has 77 valence electrons. The maximum atomic E-state index is 10.2. The van der Waals surface area contributed by atoms with Gasteiger partial charge in [-0.15, -0.1) is 0 Å². The quantitative estimate of drug-likeness (QED) is 0.630. The molecule has 1 heterocycles. The number of unbranched alkanes of at least 4 members (excludes halogenated alkanes) is 1. The summed E-state index contributed by atoms with van der Waals surface area (Å²) in [5.41, 5.74) is 0. The number of rotatable bonds is 6. The predicted molar refractivity (Wildman–Crippen MR) is 51.1 cm³/mol. The van der Waals surface area contributed by atoms with Gasteiger partial charge in [0, 0.05) is 6.54 Å². The first-order chi connectivity index (χ1) is 6.33. The van der Waals surface area contributed by atoms with Gasteiger partial charge >= 0.3 is 0 Å². The summed E-state index contributed by atoms with van der Waals surface area (Å²) in [7, 11) is 0. The Hall–Kier alpha value is -0.120. The molecule has 0 aromatic carbocycles. The van der Waals surface area contributed by atoms with E-state index in [9.17, 15) is 10.2 Å². The second-order valence-electron chi connectivity index (χ2n) is 3.86. The van der Waals surface area contributed by atoms with E-state index < -0.39 is 0 Å². The molecule has 1 rings (SSSR count). The molecule has 1 aliphatic heterocycles. The molecule has 0 bridgehead atoms. The van der Waals surface area contributed by atoms with Crippen molar-refractivity contribution in [1.82, 2.24) is 4.90 Å². The summed E-state index contributed by atoms with van der Waals surface area (Å²) in [6.07, 6.45) is 4.69. The summed E-state index contributed by atoms with van der Waals surface area (Å²) < 4.78 is 0. The normalized spacial score (nSPS) is 20.8. The summed E-state index contributed by atoms with van der Waals surface area (Å²) in [6.45, 7) is 3.08. The molecular weight excluding hydrogens is 166 g/mol. The molecule has 13 heavy (non-hydrogen) atoms. The summed E-state index contributed by atoms with van der Waals surface area (Å²) >= 11 is 0. The monoisotopic (exact) mass is 186 g/mol. The molecule has 1 aliphatic rings. The van der Waals surface area contributed by atoms with E-state index >= 15 is 0 Å². The van der Waals surface area contributed by atoms with Crippen LogP contribution in [-0.2, 0) is 5.11 Å². The van der Waals surface area contributed by atoms with E-state index in [1.54, 1.807) is 0 Å². The molecule has 0 aromatic rings. The van der Waals surface area contributed by atoms with Gasteiger partial charge in [0.1, 0.15) is 0 Å². The zero-order valence-corrected chi connectivity index (χ0v) is 8.24. The van der Waals surface area contributed by atoms with Gasteiger partial charge in [0.25, 0.3) is 0 Å². The van der Waals surface area contributed by atoms with Gasteiger partial charge in [-0.1, -0.05) is 0 Å². The average molecular weight is 186 g/mol. The van der Waals surface area contributed by atoms with Crippen LogP contribution in [0.15, 0.2) is 0 Å². The molecule has 0 aromatic heterocycles. The van der Waals surface area contributed by atoms with Crippen LogP contribution in [-0.4, -0.2) is 42.4 Å². The highest BCUT2D eigenvalue weighted by Crippen LogP contribution is 2.10. The van der Waals surface area contributed by atoms with Crippen LogP contribution in [0.4, 0.5) is 0 Å². The maximum absolute atomic E-state index is 10.2. The van der Waals surface area contributed by atoms with E-state index in [-0.39, 0.29) is 12.7 Å². The summed E-state index contributed by atoms with van der Waals surface area (Å²) in [4.78, 5) is 2.31. The lowest BCUT2D eigenvalue weighted by molar-refractivity contribution is 0.109. The highest BCUT2D eigenvalue weighted by atomic mass is 16.3. The number of hydrogen-bond donors (Lipinski definition) is 1. The van der Waals surface area contributed by atoms with Crippen molar-refractivity contribution in [3.8, 4) is 0 Å². The Morgan fingerprint density at radius 3 is 2.54 bits per heavy atom. The van der Waals surface area contributed by atoms with Crippen molar-refractivity contribution < 1.29 is 10.2 Å². The number of aliphatic hydroxyl groups excluding tert-OH is 1. The number of likely N-dealkylation sites (tertiary alicyclic amines) is 1. The van der Waals surface area contributed by atoms with Gasteiger partial charge in [0.2, 0.25) is 0 Å². The van der Waals surface area contributed by atoms with Crippen LogP contribution in [0.5, 0.6) is 0 Å². The fourth-order valence-electron chi connectivity index (χ4n) is 1.84. The van der Waals surface area contributed by atoms with Crippen molar-refractivity contribution in [2.45, 2.75) is 38.2 Å². The maximum Gasteiger partial charge on any atom is 0.0822 e. The molecule has 3 heteroatoms. The zero-order valence-electron chi connectivity index (χ0n) is 8.24. The van der Waals surface area contributed by atoms with E-state index in [1.807, 2.05) is 0 Å². The minimum atomic E-state index is -0.218. The van der Waals surface area contributed by atoms with Gasteiger partial charge < -0.3 is 10.0 Å². The number of β-amino-alcohol motifs (C(OH)–C–C–N with tert-alkyl or cyclic N) is 1. The molecule has 1 fully saturated rings. The third kappa shape index (κ3) is 4.60. The van der Waals surface area contributed by atoms with Gasteiger partial charge in [-0.25, -0.2) is 5.11 Å². The van der Waals surface area contributed by atoms with E-state index in [1.165, 1.54) is 12.8 Å². The molecule has 1 unspecified atom stereocenters. The predicted octanol–water partition coefficient (Wildman–Crippen LogP) is 1.04. The Kier molecular flexibility index (Phi) is 5.35. The molecule has 1 N–H and O–H groups in total. The Balaban J connectivity index is 1.99. The van der Waals surface area contributed by atoms with Crippen LogP contribution in [0.25, 0.3) is 0 Å². The van der Waals surface area contributed by atoms with Crippen LogP contribution in [0.2, 0.25) is 0 Å². The van der Waals surface area contributed by atoms with Crippen LogP contribution >= 0.6 is 0 Å². The van der Waals surface area contributed by atoms with E-state index in [2.05, 4.69) is 4.90 Å². The third-order valence-corrected chi connectivity index (χ3v) is 2.60. The zero-order chi connectivity index (χ0) is 9.52. The lowest BCUT2D eigenvalue weighted by atomic mass is 10.1. The minimum absolute atomic E-state index is 0.00354. The molecule has 0 amide bonds. The molecule has 1 saturated heterocycles. The topological polar surface area (TPSA) is 43.4 Å². The standard InChI is InChI=1S/C10H20NO2/c12-8-4-1-5-10(13)9-11-6-2-3-7-11/h10,13H,1-9H2. The average Bonchev–Trinajstić information content (AvgIpc) is 2.57. The lowest BCUT2D eigenvalue weighted by Crippen LogP contribution is -2.29. The SMILES string of the molecule is [O]CCCCC(O)CN1CCCC1. The van der Waals surface area contributed by atoms with Gasteiger partial charge in [-0.05, 0) is 45.2 Å². The second-order valence-corrected chi connectivity index (χ2v) is 3.86. The lowest BCUT2D eigenvalue weighted by Gasteiger charge is -2.18. The van der Waals surface area contributed by atoms with E-state index in [4.69, 9.17) is 0 Å². The van der Waals surface area contributed by atoms with Crippen molar-refractivity contribution >= 4 is 0 Å². The highest BCUT2D eigenvalue weighted by Gasteiger charge is 2.14. The smallest absolute Gasteiger partial charge is 0.0822 e. The van der Waals surface area contributed by atoms with Crippen molar-refractivity contribution in [2.24, 2.45) is 0 Å². The fourth-order valence-corrected chi connectivity index (χ4v) is 1.84. The number of nitrogens with zero attached hydrogens (tertiary/aromatic N) is 1. The number of hydrogen-bond acceptors (Lipinski definition) is 2. The number of aliphatic hydroxyl groups is 1. The Bertz CT molecular complexity index is 124. The van der Waals surface area contributed by atoms with Crippen molar-refractivity contribution in [2.75, 3.05) is 26.2 Å². The second kappa shape index (κ2) is 6.35. The summed E-state index contributed by atoms with van der Waals surface area (Å²) in [5, 5.41) is 19.8. The minimum Gasteiger partial charge on any atom is -0.392 e. The Morgan fingerprint density at radius 2 is 1.92 bits per heavy atom. The molecule has 0 spiro atoms. The summed E-state index contributed by atoms with van der Waals surface area (Å²) in [6, 6.07) is 0. The molecule has 0 saturated carbocycles. The largest absolute Gasteiger partial charge is 0.392 e. The van der Waals surface area contributed by atoms with Gasteiger partial charge in [-0.3, -0.25) is 0 Å². The van der Waals surface area contributed by atoms with Crippen LogP contribution < -0.4 is 0 Å². The molecule has 1 atom stereocenters. The van der Waals surface area contributed by atoms with Crippen molar-refractivity contribution in [3.63, 3.8) is 0 Å². The first kappa shape index (κ1) is 11.0. The Labute approximate surface area is 80.4 Å². The van der Waals surface area contributed by atoms with E-state index in [0.717, 1.165) is 32.5 Å². The Morgan fingerprint density at radius 1 is 1.23 bits per heavy atom. The van der Waals surface area contributed by atoms with Crippen LogP contribution in [0, 0.1) is 0 Å². The first-order valence-corrected chi connectivity index (χ1v) is 5.31. The fraction of sp³-hybridized carbons (Fsp3) is 1.00. The molecular formula is C10H20NO2. The van der Waals surface area contributed by atoms with Crippen LogP contribution in [0.3, 0.4) is 0 Å². The van der Waals surface area contributed by atoms with Gasteiger partial charge in [0.05, 0.1) is 12.7 Å². The van der Waals surface area contributed by atoms with Crippen molar-refractivity contribution in [1.29, 1.82) is 0 Å². The molecule has 0 aliphatic carbocycles. The molecule has 1 radical (unpaired) electrons. The van der Waals surface area contributed by atoms with Gasteiger partial charge in [-0.2, -0.15) is 0 Å². The van der Waals surface area contributed by atoms with Crippen molar-refractivity contribution in [3.05, 3.63) is 0 Å². The van der Waals surface area contributed by atoms with Gasteiger partial charge in [0.15, 0.2) is 0 Å². The van der Waals surface area contributed by atoms with E-state index in [0.29, 0.717) is 6.42 Å². The highest BCUT2D eigenvalue weighted by molar-refractivity contribution is 4.70. The van der Waals surface area contributed by atoms with Crippen LogP contribution in [0.1, 0.15) is 32.1 Å². The third-order valence-electron chi connectivity index (χ3n) is 2.60. The summed E-state index contributed by atoms with van der Waals surface area (Å²) in [5.74, 6) is 0.